The second-order valence-electron chi connectivity index (χ2n) is 7.16. The summed E-state index contributed by atoms with van der Waals surface area (Å²) >= 11 is 0. The summed E-state index contributed by atoms with van der Waals surface area (Å²) in [6.07, 6.45) is -1.23. The van der Waals surface area contributed by atoms with E-state index in [9.17, 15) is 33.9 Å². The number of carbonyl (C=O) groups is 6. The van der Waals surface area contributed by atoms with E-state index in [4.69, 9.17) is 22.3 Å². The Balaban J connectivity index is 5.53. The van der Waals surface area contributed by atoms with E-state index < -0.39 is 78.6 Å². The first-order valence-electron chi connectivity index (χ1n) is 9.37. The predicted octanol–water partition coefficient (Wildman–Crippen LogP) is -4.36. The van der Waals surface area contributed by atoms with E-state index >= 15 is 0 Å². The Morgan fingerprint density at radius 2 is 1.35 bits per heavy atom. The average molecular weight is 446 g/mol. The first-order chi connectivity index (χ1) is 14.3. The van der Waals surface area contributed by atoms with Gasteiger partial charge >= 0.3 is 5.97 Å². The monoisotopic (exact) mass is 446 g/mol. The van der Waals surface area contributed by atoms with Gasteiger partial charge in [0.25, 0.3) is 0 Å². The highest BCUT2D eigenvalue weighted by atomic mass is 16.4. The van der Waals surface area contributed by atoms with Crippen LogP contribution < -0.4 is 33.2 Å². The Kier molecular flexibility index (Phi) is 11.7. The van der Waals surface area contributed by atoms with Crippen LogP contribution in [-0.4, -0.2) is 76.5 Å². The summed E-state index contributed by atoms with van der Waals surface area (Å²) in [5.74, 6) is -6.43. The van der Waals surface area contributed by atoms with Gasteiger partial charge in [-0.1, -0.05) is 13.8 Å². The molecule has 5 amide bonds. The maximum Gasteiger partial charge on any atom is 0.326 e. The molecule has 0 aromatic carbocycles. The fraction of sp³-hybridized carbons (Fsp3) is 0.647. The van der Waals surface area contributed by atoms with Crippen molar-refractivity contribution < 1.29 is 39.0 Å². The molecule has 0 saturated carbocycles. The highest BCUT2D eigenvalue weighted by Gasteiger charge is 2.32. The summed E-state index contributed by atoms with van der Waals surface area (Å²) < 4.78 is 0. The number of nitrogens with two attached hydrogens (primary N) is 3. The minimum absolute atomic E-state index is 0.264. The zero-order valence-corrected chi connectivity index (χ0v) is 17.3. The van der Waals surface area contributed by atoms with E-state index in [-0.39, 0.29) is 12.8 Å². The molecule has 0 fully saturated rings. The van der Waals surface area contributed by atoms with Crippen LogP contribution in [0, 0.1) is 5.92 Å². The number of carbonyl (C=O) groups excluding carboxylic acids is 5. The third-order valence-electron chi connectivity index (χ3n) is 4.11. The molecule has 0 aromatic rings. The quantitative estimate of drug-likeness (QED) is 0.128. The predicted molar refractivity (Wildman–Crippen MR) is 106 cm³/mol. The topological polar surface area (TPSA) is 257 Å². The van der Waals surface area contributed by atoms with Crippen LogP contribution in [-0.2, 0) is 28.8 Å². The number of nitrogens with one attached hydrogen (secondary N) is 3. The standard InChI is InChI=1S/C17H30N6O8/c1-7(2)13(17(30)31)23-16(29)10(5-12(20)26)22-15(28)9(3-4-11(19)25)21-14(27)8(18)6-24/h7-10,13,24H,3-6,18H2,1-2H3,(H2,19,25)(H2,20,26)(H,21,27)(H,22,28)(H,23,29)(H,30,31). The van der Waals surface area contributed by atoms with Gasteiger partial charge in [-0.3, -0.25) is 24.0 Å². The van der Waals surface area contributed by atoms with Gasteiger partial charge in [0.15, 0.2) is 0 Å². The van der Waals surface area contributed by atoms with Gasteiger partial charge in [-0.05, 0) is 12.3 Å². The Morgan fingerprint density at radius 1 is 0.839 bits per heavy atom. The normalized spacial score (nSPS) is 14.6. The van der Waals surface area contributed by atoms with Crippen LogP contribution in [0.25, 0.3) is 0 Å². The van der Waals surface area contributed by atoms with Crippen LogP contribution in [0.15, 0.2) is 0 Å². The SMILES string of the molecule is CC(C)C(NC(=O)C(CC(N)=O)NC(=O)C(CCC(N)=O)NC(=O)C(N)CO)C(=O)O. The van der Waals surface area contributed by atoms with Gasteiger partial charge in [0.05, 0.1) is 13.0 Å². The van der Waals surface area contributed by atoms with Crippen molar-refractivity contribution in [1.29, 1.82) is 0 Å². The molecular formula is C17H30N6O8. The molecule has 0 aliphatic heterocycles. The van der Waals surface area contributed by atoms with E-state index in [0.29, 0.717) is 0 Å². The van der Waals surface area contributed by atoms with Crippen molar-refractivity contribution in [3.63, 3.8) is 0 Å². The summed E-state index contributed by atoms with van der Waals surface area (Å²) in [6.45, 7) is 2.37. The molecule has 0 aromatic heterocycles. The maximum atomic E-state index is 12.6. The molecule has 31 heavy (non-hydrogen) atoms. The van der Waals surface area contributed by atoms with Crippen molar-refractivity contribution in [1.82, 2.24) is 16.0 Å². The van der Waals surface area contributed by atoms with Gasteiger partial charge in [-0.15, -0.1) is 0 Å². The van der Waals surface area contributed by atoms with E-state index in [2.05, 4.69) is 16.0 Å². The lowest BCUT2D eigenvalue weighted by Crippen LogP contribution is -2.58. The second kappa shape index (κ2) is 13.1. The molecule has 0 rings (SSSR count). The summed E-state index contributed by atoms with van der Waals surface area (Å²) in [4.78, 5) is 70.7. The van der Waals surface area contributed by atoms with Crippen molar-refractivity contribution >= 4 is 35.5 Å². The number of amides is 5. The van der Waals surface area contributed by atoms with E-state index in [1.807, 2.05) is 0 Å². The second-order valence-corrected chi connectivity index (χ2v) is 7.16. The van der Waals surface area contributed by atoms with Crippen LogP contribution in [0.5, 0.6) is 0 Å². The van der Waals surface area contributed by atoms with Gasteiger partial charge in [-0.25, -0.2) is 4.79 Å². The van der Waals surface area contributed by atoms with E-state index in [1.165, 1.54) is 0 Å². The first-order valence-corrected chi connectivity index (χ1v) is 9.37. The molecule has 0 aliphatic carbocycles. The number of hydrogen-bond donors (Lipinski definition) is 8. The highest BCUT2D eigenvalue weighted by Crippen LogP contribution is 2.05. The Hall–Kier alpha value is -3.26. The van der Waals surface area contributed by atoms with Gasteiger partial charge < -0.3 is 43.4 Å². The van der Waals surface area contributed by atoms with Gasteiger partial charge in [0.1, 0.15) is 24.2 Å². The molecule has 0 radical (unpaired) electrons. The molecule has 0 aliphatic rings. The molecule has 11 N–H and O–H groups in total. The molecule has 4 unspecified atom stereocenters. The fourth-order valence-corrected chi connectivity index (χ4v) is 2.37. The fourth-order valence-electron chi connectivity index (χ4n) is 2.37. The summed E-state index contributed by atoms with van der Waals surface area (Å²) in [6, 6.07) is -5.59. The van der Waals surface area contributed by atoms with Gasteiger partial charge in [0.2, 0.25) is 29.5 Å². The number of aliphatic hydroxyl groups is 1. The third kappa shape index (κ3) is 10.4. The Morgan fingerprint density at radius 3 is 1.77 bits per heavy atom. The molecule has 14 nitrogen and oxygen atoms in total. The minimum Gasteiger partial charge on any atom is -0.480 e. The lowest BCUT2D eigenvalue weighted by atomic mass is 10.0. The minimum atomic E-state index is -1.55. The Labute approximate surface area is 178 Å². The molecular weight excluding hydrogens is 416 g/mol. The Bertz CT molecular complexity index is 698. The largest absolute Gasteiger partial charge is 0.480 e. The van der Waals surface area contributed by atoms with Crippen LogP contribution in [0.3, 0.4) is 0 Å². The molecule has 0 spiro atoms. The lowest BCUT2D eigenvalue weighted by Gasteiger charge is -2.25. The number of primary amides is 2. The van der Waals surface area contributed by atoms with Crippen LogP contribution in [0.4, 0.5) is 0 Å². The van der Waals surface area contributed by atoms with Crippen LogP contribution in [0.1, 0.15) is 33.1 Å². The number of hydrogen-bond acceptors (Lipinski definition) is 8. The number of carboxylic acids is 1. The summed E-state index contributed by atoms with van der Waals surface area (Å²) in [5.41, 5.74) is 15.5. The molecule has 0 heterocycles. The summed E-state index contributed by atoms with van der Waals surface area (Å²) in [7, 11) is 0. The average Bonchev–Trinajstić information content (AvgIpc) is 2.66. The van der Waals surface area contributed by atoms with Gasteiger partial charge in [-0.2, -0.15) is 0 Å². The zero-order chi connectivity index (χ0) is 24.3. The molecule has 0 bridgehead atoms. The van der Waals surface area contributed by atoms with Crippen molar-refractivity contribution in [3.05, 3.63) is 0 Å². The number of carboxylic acid groups (broad SMARTS) is 1. The van der Waals surface area contributed by atoms with E-state index in [1.54, 1.807) is 13.8 Å². The molecule has 14 heteroatoms. The smallest absolute Gasteiger partial charge is 0.326 e. The van der Waals surface area contributed by atoms with Crippen molar-refractivity contribution in [2.45, 2.75) is 57.3 Å². The zero-order valence-electron chi connectivity index (χ0n) is 17.3. The number of aliphatic hydroxyl groups excluding tert-OH is 1. The highest BCUT2D eigenvalue weighted by molar-refractivity contribution is 5.96. The van der Waals surface area contributed by atoms with Crippen molar-refractivity contribution in [2.75, 3.05) is 6.61 Å². The molecule has 4 atom stereocenters. The molecule has 0 saturated heterocycles. The summed E-state index contributed by atoms with van der Waals surface area (Å²) in [5, 5.41) is 24.8. The maximum absolute atomic E-state index is 12.6. The number of aliphatic carboxylic acids is 1. The lowest BCUT2D eigenvalue weighted by molar-refractivity contribution is -0.143. The molecule has 176 valence electrons. The van der Waals surface area contributed by atoms with Crippen LogP contribution in [0.2, 0.25) is 0 Å². The third-order valence-corrected chi connectivity index (χ3v) is 4.11. The first kappa shape index (κ1) is 27.7. The number of rotatable bonds is 14. The van der Waals surface area contributed by atoms with Crippen molar-refractivity contribution in [3.8, 4) is 0 Å². The van der Waals surface area contributed by atoms with Crippen molar-refractivity contribution in [2.24, 2.45) is 23.1 Å². The van der Waals surface area contributed by atoms with Crippen LogP contribution >= 0.6 is 0 Å². The van der Waals surface area contributed by atoms with Gasteiger partial charge in [0, 0.05) is 6.42 Å². The van der Waals surface area contributed by atoms with E-state index in [0.717, 1.165) is 0 Å².